The van der Waals surface area contributed by atoms with E-state index in [9.17, 15) is 0 Å². The minimum absolute atomic E-state index is 0. The maximum Gasteiger partial charge on any atom is 0.226 e. The average molecular weight is 275 g/mol. The zero-order chi connectivity index (χ0) is 11.2. The number of halogens is 1. The molecule has 5 nitrogen and oxygen atoms in total. The first kappa shape index (κ1) is 14.1. The Morgan fingerprint density at radius 3 is 3.00 bits per heavy atom. The predicted octanol–water partition coefficient (Wildman–Crippen LogP) is 1.98. The van der Waals surface area contributed by atoms with Crippen molar-refractivity contribution in [1.82, 2.24) is 20.4 Å². The average Bonchev–Trinajstić information content (AvgIpc) is 2.89. The van der Waals surface area contributed by atoms with Gasteiger partial charge in [0.05, 0.1) is 11.2 Å². The Kier molecular flexibility index (Phi) is 6.10. The van der Waals surface area contributed by atoms with Gasteiger partial charge in [-0.3, -0.25) is 0 Å². The van der Waals surface area contributed by atoms with E-state index in [0.29, 0.717) is 11.7 Å². The second kappa shape index (κ2) is 7.37. The van der Waals surface area contributed by atoms with Crippen LogP contribution in [0.25, 0.3) is 0 Å². The van der Waals surface area contributed by atoms with Crippen LogP contribution < -0.4 is 5.32 Å². The Bertz CT molecular complexity index is 418. The van der Waals surface area contributed by atoms with E-state index in [-0.39, 0.29) is 12.4 Å². The molecular weight excluding hydrogens is 260 g/mol. The van der Waals surface area contributed by atoms with E-state index in [2.05, 4.69) is 20.4 Å². The fourth-order valence-electron chi connectivity index (χ4n) is 1.35. The van der Waals surface area contributed by atoms with Crippen LogP contribution in [0.3, 0.4) is 0 Å². The van der Waals surface area contributed by atoms with Gasteiger partial charge in [-0.25, -0.2) is 4.98 Å². The van der Waals surface area contributed by atoms with Gasteiger partial charge in [-0.2, -0.15) is 4.98 Å². The van der Waals surface area contributed by atoms with Crippen molar-refractivity contribution in [2.24, 2.45) is 0 Å². The van der Waals surface area contributed by atoms with Crippen LogP contribution in [-0.4, -0.2) is 21.7 Å². The van der Waals surface area contributed by atoms with Crippen molar-refractivity contribution in [2.75, 3.05) is 6.54 Å². The van der Waals surface area contributed by atoms with E-state index in [0.717, 1.165) is 31.6 Å². The molecule has 0 aliphatic carbocycles. The number of nitrogens with zero attached hydrogens (tertiary/aromatic N) is 3. The standard InChI is InChI=1S/C10H14N4OS.ClH/c1-8-13-10(15-14-8)3-2-4-11-5-9-6-16-7-12-9;/h6-7,11H,2-5H2,1H3;1H. The summed E-state index contributed by atoms with van der Waals surface area (Å²) in [5.74, 6) is 1.42. The van der Waals surface area contributed by atoms with E-state index in [4.69, 9.17) is 4.52 Å². The van der Waals surface area contributed by atoms with Crippen LogP contribution >= 0.6 is 23.7 Å². The van der Waals surface area contributed by atoms with E-state index in [1.807, 2.05) is 17.8 Å². The summed E-state index contributed by atoms with van der Waals surface area (Å²) in [6, 6.07) is 0. The summed E-state index contributed by atoms with van der Waals surface area (Å²) in [6.45, 7) is 3.58. The van der Waals surface area contributed by atoms with Gasteiger partial charge in [0.15, 0.2) is 5.82 Å². The number of aryl methyl sites for hydroxylation is 2. The molecular formula is C10H15ClN4OS. The molecule has 2 aromatic rings. The van der Waals surface area contributed by atoms with Crippen molar-refractivity contribution in [2.45, 2.75) is 26.3 Å². The normalized spacial score (nSPS) is 10.2. The molecule has 0 radical (unpaired) electrons. The molecule has 0 spiro atoms. The van der Waals surface area contributed by atoms with Crippen LogP contribution in [-0.2, 0) is 13.0 Å². The Labute approximate surface area is 110 Å². The first-order valence-electron chi connectivity index (χ1n) is 5.21. The number of aromatic nitrogens is 3. The summed E-state index contributed by atoms with van der Waals surface area (Å²) in [4.78, 5) is 8.33. The Hall–Kier alpha value is -0.980. The molecule has 0 fully saturated rings. The van der Waals surface area contributed by atoms with Crippen molar-refractivity contribution in [1.29, 1.82) is 0 Å². The zero-order valence-electron chi connectivity index (χ0n) is 9.55. The van der Waals surface area contributed by atoms with E-state index < -0.39 is 0 Å². The number of hydrogen-bond donors (Lipinski definition) is 1. The summed E-state index contributed by atoms with van der Waals surface area (Å²) in [5, 5.41) is 9.11. The molecule has 2 aromatic heterocycles. The summed E-state index contributed by atoms with van der Waals surface area (Å²) >= 11 is 1.62. The lowest BCUT2D eigenvalue weighted by atomic mass is 10.3. The molecule has 0 unspecified atom stereocenters. The van der Waals surface area contributed by atoms with Crippen LogP contribution in [0.5, 0.6) is 0 Å². The lowest BCUT2D eigenvalue weighted by Gasteiger charge is -2.00. The van der Waals surface area contributed by atoms with Crippen LogP contribution in [0, 0.1) is 6.92 Å². The number of rotatable bonds is 6. The van der Waals surface area contributed by atoms with Crippen molar-refractivity contribution in [3.63, 3.8) is 0 Å². The third kappa shape index (κ3) is 4.80. The molecule has 0 saturated carbocycles. The maximum absolute atomic E-state index is 5.02. The molecule has 0 atom stereocenters. The molecule has 17 heavy (non-hydrogen) atoms. The van der Waals surface area contributed by atoms with Gasteiger partial charge in [-0.05, 0) is 19.9 Å². The minimum atomic E-state index is 0. The van der Waals surface area contributed by atoms with E-state index in [1.54, 1.807) is 11.3 Å². The Morgan fingerprint density at radius 1 is 1.47 bits per heavy atom. The lowest BCUT2D eigenvalue weighted by Crippen LogP contribution is -2.15. The quantitative estimate of drug-likeness (QED) is 0.816. The molecule has 0 aliphatic rings. The SMILES string of the molecule is Cc1noc(CCCNCc2cscn2)n1.Cl. The van der Waals surface area contributed by atoms with Gasteiger partial charge >= 0.3 is 0 Å². The molecule has 0 saturated heterocycles. The molecule has 0 aliphatic heterocycles. The third-order valence-corrected chi connectivity index (χ3v) is 2.74. The van der Waals surface area contributed by atoms with E-state index >= 15 is 0 Å². The Balaban J connectivity index is 0.00000144. The van der Waals surface area contributed by atoms with Crippen LogP contribution in [0.1, 0.15) is 23.8 Å². The van der Waals surface area contributed by atoms with Crippen molar-refractivity contribution in [3.8, 4) is 0 Å². The van der Waals surface area contributed by atoms with Gasteiger partial charge in [-0.15, -0.1) is 23.7 Å². The minimum Gasteiger partial charge on any atom is -0.339 e. The van der Waals surface area contributed by atoms with Gasteiger partial charge in [0.25, 0.3) is 0 Å². The van der Waals surface area contributed by atoms with Gasteiger partial charge in [0.1, 0.15) is 0 Å². The van der Waals surface area contributed by atoms with Gasteiger partial charge in [0, 0.05) is 18.3 Å². The lowest BCUT2D eigenvalue weighted by molar-refractivity contribution is 0.371. The fourth-order valence-corrected chi connectivity index (χ4v) is 1.91. The molecule has 94 valence electrons. The molecule has 2 rings (SSSR count). The molecule has 0 aromatic carbocycles. The van der Waals surface area contributed by atoms with Crippen molar-refractivity contribution < 1.29 is 4.52 Å². The zero-order valence-corrected chi connectivity index (χ0v) is 11.2. The first-order chi connectivity index (χ1) is 7.84. The van der Waals surface area contributed by atoms with Gasteiger partial charge in [0.2, 0.25) is 5.89 Å². The highest BCUT2D eigenvalue weighted by molar-refractivity contribution is 7.07. The number of nitrogens with one attached hydrogen (secondary N) is 1. The smallest absolute Gasteiger partial charge is 0.226 e. The number of hydrogen-bond acceptors (Lipinski definition) is 6. The summed E-state index contributed by atoms with van der Waals surface area (Å²) in [7, 11) is 0. The second-order valence-corrected chi connectivity index (χ2v) is 4.21. The third-order valence-electron chi connectivity index (χ3n) is 2.10. The highest BCUT2D eigenvalue weighted by Gasteiger charge is 2.01. The van der Waals surface area contributed by atoms with Crippen molar-refractivity contribution >= 4 is 23.7 Å². The molecule has 0 bridgehead atoms. The molecule has 0 amide bonds. The summed E-state index contributed by atoms with van der Waals surface area (Å²) < 4.78 is 5.02. The molecule has 2 heterocycles. The Morgan fingerprint density at radius 2 is 2.35 bits per heavy atom. The van der Waals surface area contributed by atoms with Crippen LogP contribution in [0.4, 0.5) is 0 Å². The number of thiazole rings is 1. The van der Waals surface area contributed by atoms with Crippen LogP contribution in [0.2, 0.25) is 0 Å². The van der Waals surface area contributed by atoms with Crippen LogP contribution in [0.15, 0.2) is 15.4 Å². The largest absolute Gasteiger partial charge is 0.339 e. The fraction of sp³-hybridized carbons (Fsp3) is 0.500. The second-order valence-electron chi connectivity index (χ2n) is 3.50. The highest BCUT2D eigenvalue weighted by atomic mass is 35.5. The van der Waals surface area contributed by atoms with E-state index in [1.165, 1.54) is 0 Å². The molecule has 1 N–H and O–H groups in total. The maximum atomic E-state index is 5.02. The predicted molar refractivity (Wildman–Crippen MR) is 68.4 cm³/mol. The first-order valence-corrected chi connectivity index (χ1v) is 6.16. The van der Waals surface area contributed by atoms with Crippen molar-refractivity contribution in [3.05, 3.63) is 28.3 Å². The summed E-state index contributed by atoms with van der Waals surface area (Å²) in [6.07, 6.45) is 1.82. The van der Waals surface area contributed by atoms with Gasteiger partial charge in [-0.1, -0.05) is 5.16 Å². The topological polar surface area (TPSA) is 63.8 Å². The molecule has 7 heteroatoms. The summed E-state index contributed by atoms with van der Waals surface area (Å²) in [5.41, 5.74) is 2.94. The monoisotopic (exact) mass is 274 g/mol. The highest BCUT2D eigenvalue weighted by Crippen LogP contribution is 2.01. The van der Waals surface area contributed by atoms with Gasteiger partial charge < -0.3 is 9.84 Å².